The quantitative estimate of drug-likeness (QED) is 0.201. The minimum atomic E-state index is -1.31. The monoisotopic (exact) mass is 494 g/mol. The number of aliphatic carboxylic acids is 1. The van der Waals surface area contributed by atoms with Gasteiger partial charge in [0.2, 0.25) is 12.5 Å². The van der Waals surface area contributed by atoms with Gasteiger partial charge >= 0.3 is 12.1 Å². The number of nitrogens with zero attached hydrogens (tertiary/aromatic N) is 5. The van der Waals surface area contributed by atoms with E-state index in [2.05, 4.69) is 36.2 Å². The number of carboxylic acids is 1. The minimum absolute atomic E-state index is 0.00787. The van der Waals surface area contributed by atoms with E-state index in [0.717, 1.165) is 11.3 Å². The molecule has 0 spiro atoms. The number of aromatic nitrogens is 4. The van der Waals surface area contributed by atoms with Crippen molar-refractivity contribution in [1.29, 1.82) is 0 Å². The average molecular weight is 494 g/mol. The lowest BCUT2D eigenvalue weighted by Gasteiger charge is -2.36. The van der Waals surface area contributed by atoms with Crippen LogP contribution >= 0.6 is 11.3 Å². The standard InChI is InChI=1S/C18H22N8O7S/c1-18(2,3)33-17(31)24-16-22-10(6-34-16)13(25-32-5-11(27)28)15(30)23-12-9(21-14(12)29)4-26-8-19-7-20-26/h6-9,12H,4-5H2,1-3H3,(H,21,29)(H,23,30)(H,27,28)(H,22,24,31)/t9-,12+/m1/s1. The Morgan fingerprint density at radius 2 is 2.12 bits per heavy atom. The molecule has 4 N–H and O–H groups in total. The van der Waals surface area contributed by atoms with E-state index in [1.807, 2.05) is 0 Å². The zero-order chi connectivity index (χ0) is 24.9. The van der Waals surface area contributed by atoms with E-state index in [1.165, 1.54) is 22.7 Å². The van der Waals surface area contributed by atoms with E-state index in [1.54, 1.807) is 20.8 Å². The molecule has 3 amide bonds. The first kappa shape index (κ1) is 24.6. The van der Waals surface area contributed by atoms with E-state index < -0.39 is 48.2 Å². The summed E-state index contributed by atoms with van der Waals surface area (Å²) in [6.07, 6.45) is 2.05. The fraction of sp³-hybridized carbons (Fsp3) is 0.444. The number of carbonyl (C=O) groups excluding carboxylic acids is 3. The Balaban J connectivity index is 1.72. The summed E-state index contributed by atoms with van der Waals surface area (Å²) >= 11 is 0.978. The molecule has 1 aliphatic rings. The van der Waals surface area contributed by atoms with Crippen molar-refractivity contribution in [3.63, 3.8) is 0 Å². The van der Waals surface area contributed by atoms with E-state index in [4.69, 9.17) is 14.7 Å². The second-order valence-electron chi connectivity index (χ2n) is 7.96. The highest BCUT2D eigenvalue weighted by molar-refractivity contribution is 7.14. The Morgan fingerprint density at radius 1 is 1.35 bits per heavy atom. The summed E-state index contributed by atoms with van der Waals surface area (Å²) in [4.78, 5) is 60.3. The van der Waals surface area contributed by atoms with Crippen molar-refractivity contribution < 1.29 is 33.9 Å². The Labute approximate surface area is 196 Å². The second-order valence-corrected chi connectivity index (χ2v) is 8.81. The lowest BCUT2D eigenvalue weighted by atomic mass is 9.98. The predicted octanol–water partition coefficient (Wildman–Crippen LogP) is -0.430. The molecule has 1 saturated heterocycles. The highest BCUT2D eigenvalue weighted by atomic mass is 32.1. The fourth-order valence-electron chi connectivity index (χ4n) is 2.69. The summed E-state index contributed by atoms with van der Waals surface area (Å²) in [5.41, 5.74) is -1.12. The molecule has 0 radical (unpaired) electrons. The first-order valence-corrected chi connectivity index (χ1v) is 10.7. The molecule has 3 heterocycles. The van der Waals surface area contributed by atoms with E-state index in [-0.39, 0.29) is 23.1 Å². The first-order chi connectivity index (χ1) is 16.0. The largest absolute Gasteiger partial charge is 0.479 e. The minimum Gasteiger partial charge on any atom is -0.479 e. The highest BCUT2D eigenvalue weighted by Gasteiger charge is 2.41. The van der Waals surface area contributed by atoms with Gasteiger partial charge in [-0.05, 0) is 20.8 Å². The third kappa shape index (κ3) is 6.71. The molecule has 0 unspecified atom stereocenters. The molecule has 3 rings (SSSR count). The number of nitrogens with one attached hydrogen (secondary N) is 3. The van der Waals surface area contributed by atoms with Crippen molar-refractivity contribution in [3.8, 4) is 0 Å². The smallest absolute Gasteiger partial charge is 0.413 e. The third-order valence-electron chi connectivity index (χ3n) is 4.06. The summed E-state index contributed by atoms with van der Waals surface area (Å²) in [7, 11) is 0. The van der Waals surface area contributed by atoms with E-state index in [9.17, 15) is 19.2 Å². The zero-order valence-electron chi connectivity index (χ0n) is 18.3. The molecule has 2 aromatic rings. The van der Waals surface area contributed by atoms with Crippen LogP contribution in [-0.2, 0) is 30.5 Å². The third-order valence-corrected chi connectivity index (χ3v) is 4.82. The molecule has 182 valence electrons. The number of thiazole rings is 1. The first-order valence-electron chi connectivity index (χ1n) is 9.83. The number of hydrogen-bond acceptors (Lipinski definition) is 11. The van der Waals surface area contributed by atoms with Crippen molar-refractivity contribution in [2.75, 3.05) is 11.9 Å². The fourth-order valence-corrected chi connectivity index (χ4v) is 3.37. The number of ether oxygens (including phenoxy) is 1. The molecular weight excluding hydrogens is 472 g/mol. The van der Waals surface area contributed by atoms with Gasteiger partial charge in [-0.25, -0.2) is 19.6 Å². The maximum absolute atomic E-state index is 12.9. The van der Waals surface area contributed by atoms with Crippen molar-refractivity contribution >= 4 is 46.1 Å². The maximum atomic E-state index is 12.9. The van der Waals surface area contributed by atoms with Crippen molar-refractivity contribution in [2.45, 2.75) is 45.0 Å². The van der Waals surface area contributed by atoms with Crippen LogP contribution in [0.5, 0.6) is 0 Å². The molecule has 0 aromatic carbocycles. The number of amides is 3. The van der Waals surface area contributed by atoms with Crippen LogP contribution in [0.25, 0.3) is 0 Å². The Kier molecular flexibility index (Phi) is 7.40. The molecule has 0 saturated carbocycles. The summed E-state index contributed by atoms with van der Waals surface area (Å²) < 4.78 is 6.64. The molecule has 0 bridgehead atoms. The van der Waals surface area contributed by atoms with Crippen molar-refractivity contribution in [2.24, 2.45) is 5.16 Å². The van der Waals surface area contributed by atoms with Gasteiger partial charge in [0.05, 0.1) is 12.6 Å². The second kappa shape index (κ2) is 10.2. The summed E-state index contributed by atoms with van der Waals surface area (Å²) in [6, 6.07) is -1.36. The molecular formula is C18H22N8O7S. The normalized spacial score (nSPS) is 17.9. The highest BCUT2D eigenvalue weighted by Crippen LogP contribution is 2.18. The SMILES string of the molecule is CC(C)(C)OC(=O)Nc1nc(C(=NOCC(=O)O)C(=O)N[C@@H]2C(=O)N[C@@H]2Cn2cncn2)cs1. The van der Waals surface area contributed by atoms with Crippen molar-refractivity contribution in [1.82, 2.24) is 30.4 Å². The molecule has 0 aliphatic carbocycles. The Morgan fingerprint density at radius 3 is 2.74 bits per heavy atom. The van der Waals surface area contributed by atoms with Crippen LogP contribution in [0.3, 0.4) is 0 Å². The van der Waals surface area contributed by atoms with Gasteiger partial charge in [-0.1, -0.05) is 5.16 Å². The van der Waals surface area contributed by atoms with Crippen LogP contribution in [0.1, 0.15) is 26.5 Å². The van der Waals surface area contributed by atoms with Crippen LogP contribution < -0.4 is 16.0 Å². The number of oxime groups is 1. The van der Waals surface area contributed by atoms with Gasteiger partial charge < -0.3 is 25.3 Å². The van der Waals surface area contributed by atoms with Crippen LogP contribution in [0.4, 0.5) is 9.93 Å². The summed E-state index contributed by atoms with van der Waals surface area (Å²) in [5, 5.41) is 25.4. The molecule has 2 atom stereocenters. The lowest BCUT2D eigenvalue weighted by Crippen LogP contribution is -2.70. The van der Waals surface area contributed by atoms with Gasteiger partial charge in [-0.15, -0.1) is 11.3 Å². The van der Waals surface area contributed by atoms with Crippen LogP contribution in [0.15, 0.2) is 23.2 Å². The number of carbonyl (C=O) groups is 4. The Bertz CT molecular complexity index is 1090. The van der Waals surface area contributed by atoms with Gasteiger partial charge in [-0.3, -0.25) is 19.6 Å². The number of anilines is 1. The number of hydrogen-bond donors (Lipinski definition) is 4. The van der Waals surface area contributed by atoms with Crippen LogP contribution in [0.2, 0.25) is 0 Å². The summed E-state index contributed by atoms with van der Waals surface area (Å²) in [5.74, 6) is -2.56. The summed E-state index contributed by atoms with van der Waals surface area (Å²) in [6.45, 7) is 4.55. The van der Waals surface area contributed by atoms with E-state index in [0.29, 0.717) is 0 Å². The molecule has 1 fully saturated rings. The number of carboxylic acid groups (broad SMARTS) is 1. The van der Waals surface area contributed by atoms with E-state index >= 15 is 0 Å². The zero-order valence-corrected chi connectivity index (χ0v) is 19.2. The van der Waals surface area contributed by atoms with Crippen LogP contribution in [0, 0.1) is 0 Å². The Hall–Kier alpha value is -4.08. The average Bonchev–Trinajstić information content (AvgIpc) is 3.39. The molecule has 2 aromatic heterocycles. The topological polar surface area (TPSA) is 199 Å². The van der Waals surface area contributed by atoms with Gasteiger partial charge in [0, 0.05) is 5.38 Å². The van der Waals surface area contributed by atoms with Gasteiger partial charge in [0.25, 0.3) is 5.91 Å². The van der Waals surface area contributed by atoms with Crippen molar-refractivity contribution in [3.05, 3.63) is 23.7 Å². The maximum Gasteiger partial charge on any atom is 0.413 e. The predicted molar refractivity (Wildman–Crippen MR) is 116 cm³/mol. The molecule has 1 aliphatic heterocycles. The van der Waals surface area contributed by atoms with Crippen LogP contribution in [-0.4, -0.2) is 78.7 Å². The number of β-lactam (4-membered cyclic amide) rings is 1. The number of rotatable bonds is 9. The molecule has 15 nitrogen and oxygen atoms in total. The van der Waals surface area contributed by atoms with Gasteiger partial charge in [-0.2, -0.15) is 5.10 Å². The van der Waals surface area contributed by atoms with Gasteiger partial charge in [0.15, 0.2) is 10.8 Å². The van der Waals surface area contributed by atoms with Gasteiger partial charge in [0.1, 0.15) is 30.0 Å². The molecule has 34 heavy (non-hydrogen) atoms. The molecule has 16 heteroatoms. The lowest BCUT2D eigenvalue weighted by molar-refractivity contribution is -0.142.